The molecule has 3 aliphatic rings. The Hall–Kier alpha value is -2.77. The number of aromatic carboxylic acids is 1. The maximum Gasteiger partial charge on any atom is 0.335 e. The van der Waals surface area contributed by atoms with Crippen LogP contribution in [0.5, 0.6) is 0 Å². The molecule has 0 aliphatic carbocycles. The highest BCUT2D eigenvalue weighted by Crippen LogP contribution is 2.30. The topological polar surface area (TPSA) is 78.9 Å². The molecular formula is C23H25FN2O4. The van der Waals surface area contributed by atoms with Gasteiger partial charge in [-0.1, -0.05) is 24.3 Å². The Bertz CT molecular complexity index is 927. The van der Waals surface area contributed by atoms with Crippen LogP contribution in [-0.2, 0) is 16.1 Å². The van der Waals surface area contributed by atoms with Crippen molar-refractivity contribution in [1.82, 2.24) is 10.2 Å². The van der Waals surface area contributed by atoms with E-state index in [1.54, 1.807) is 30.3 Å². The molecule has 3 saturated heterocycles. The smallest absolute Gasteiger partial charge is 0.335 e. The number of halogens is 1. The number of carbonyl (C=O) groups is 2. The number of nitrogens with one attached hydrogen (secondary N) is 1. The Morgan fingerprint density at radius 3 is 2.60 bits per heavy atom. The van der Waals surface area contributed by atoms with Crippen molar-refractivity contribution in [2.24, 2.45) is 5.92 Å². The second-order valence-corrected chi connectivity index (χ2v) is 7.99. The predicted molar refractivity (Wildman–Crippen MR) is 108 cm³/mol. The number of ether oxygens (including phenoxy) is 1. The Labute approximate surface area is 174 Å². The second kappa shape index (κ2) is 8.93. The van der Waals surface area contributed by atoms with Crippen molar-refractivity contribution in [1.29, 1.82) is 0 Å². The minimum Gasteiger partial charge on any atom is -0.478 e. The molecule has 0 spiro atoms. The van der Waals surface area contributed by atoms with Crippen LogP contribution in [0.1, 0.15) is 40.4 Å². The third-order valence-corrected chi connectivity index (χ3v) is 5.97. The summed E-state index contributed by atoms with van der Waals surface area (Å²) in [5.74, 6) is -1.50. The van der Waals surface area contributed by atoms with Gasteiger partial charge >= 0.3 is 11.9 Å². The molecule has 30 heavy (non-hydrogen) atoms. The van der Waals surface area contributed by atoms with E-state index in [2.05, 4.69) is 10.2 Å². The maximum absolute atomic E-state index is 13.8. The number of nitrogens with zero attached hydrogens (tertiary/aromatic N) is 1. The Morgan fingerprint density at radius 2 is 1.93 bits per heavy atom. The van der Waals surface area contributed by atoms with Crippen molar-refractivity contribution in [3.05, 3.63) is 71.0 Å². The zero-order chi connectivity index (χ0) is 21.1. The van der Waals surface area contributed by atoms with E-state index in [1.165, 1.54) is 18.2 Å². The van der Waals surface area contributed by atoms with Gasteiger partial charge in [-0.3, -0.25) is 10.2 Å². The fourth-order valence-corrected chi connectivity index (χ4v) is 4.32. The lowest BCUT2D eigenvalue weighted by Gasteiger charge is -2.44. The number of carboxylic acid groups (broad SMARTS) is 1. The predicted octanol–water partition coefficient (Wildman–Crippen LogP) is 2.99. The number of benzene rings is 2. The van der Waals surface area contributed by atoms with Gasteiger partial charge in [-0.25, -0.2) is 14.0 Å². The molecular weight excluding hydrogens is 387 g/mol. The average molecular weight is 412 g/mol. The summed E-state index contributed by atoms with van der Waals surface area (Å²) in [7, 11) is 0. The zero-order valence-electron chi connectivity index (χ0n) is 16.6. The highest BCUT2D eigenvalue weighted by Gasteiger charge is 2.37. The highest BCUT2D eigenvalue weighted by atomic mass is 19.1. The van der Waals surface area contributed by atoms with E-state index in [9.17, 15) is 19.1 Å². The molecule has 3 fully saturated rings. The van der Waals surface area contributed by atoms with Crippen LogP contribution < -0.4 is 5.32 Å². The SMILES string of the molecule is O=C(O)c1cccc(CNC(C(=O)O[C@H]2CN3CCC2CC3)c2cccc(F)c2)c1. The lowest BCUT2D eigenvalue weighted by molar-refractivity contribution is -0.161. The van der Waals surface area contributed by atoms with Crippen LogP contribution in [-0.4, -0.2) is 47.7 Å². The standard InChI is InChI=1S/C23H25FN2O4/c24-19-6-2-4-17(12-19)21(25-13-15-3-1-5-18(11-15)22(27)28)23(29)30-20-14-26-9-7-16(20)8-10-26/h1-6,11-12,16,20-21,25H,7-10,13-14H2,(H,27,28)/t20-,21?/m0/s1. The summed E-state index contributed by atoms with van der Waals surface area (Å²) in [4.78, 5) is 26.6. The minimum absolute atomic E-state index is 0.145. The molecule has 158 valence electrons. The summed E-state index contributed by atoms with van der Waals surface area (Å²) in [6.07, 6.45) is 1.91. The third kappa shape index (κ3) is 4.68. The Kier molecular flexibility index (Phi) is 6.11. The van der Waals surface area contributed by atoms with Crippen molar-refractivity contribution in [2.45, 2.75) is 31.5 Å². The number of piperidine rings is 3. The van der Waals surface area contributed by atoms with Crippen LogP contribution in [0.15, 0.2) is 48.5 Å². The Balaban J connectivity index is 1.50. The second-order valence-electron chi connectivity index (χ2n) is 7.99. The van der Waals surface area contributed by atoms with Crippen LogP contribution in [0.3, 0.4) is 0 Å². The molecule has 0 radical (unpaired) electrons. The van der Waals surface area contributed by atoms with E-state index in [-0.39, 0.29) is 18.2 Å². The molecule has 1 unspecified atom stereocenters. The van der Waals surface area contributed by atoms with E-state index in [1.807, 2.05) is 0 Å². The van der Waals surface area contributed by atoms with E-state index in [0.29, 0.717) is 17.0 Å². The van der Waals surface area contributed by atoms with Crippen LogP contribution >= 0.6 is 0 Å². The van der Waals surface area contributed by atoms with Crippen LogP contribution in [0.2, 0.25) is 0 Å². The molecule has 3 aliphatic heterocycles. The number of rotatable bonds is 7. The molecule has 2 N–H and O–H groups in total. The van der Waals surface area contributed by atoms with Gasteiger partial charge in [-0.2, -0.15) is 0 Å². The number of hydrogen-bond acceptors (Lipinski definition) is 5. The van der Waals surface area contributed by atoms with Gasteiger partial charge in [0, 0.05) is 13.1 Å². The molecule has 0 aromatic heterocycles. The molecule has 7 heteroatoms. The molecule has 0 saturated carbocycles. The van der Waals surface area contributed by atoms with Crippen molar-refractivity contribution in [2.75, 3.05) is 19.6 Å². The van der Waals surface area contributed by atoms with Crippen LogP contribution in [0.25, 0.3) is 0 Å². The van der Waals surface area contributed by atoms with Gasteiger partial charge in [0.15, 0.2) is 0 Å². The van der Waals surface area contributed by atoms with Gasteiger partial charge < -0.3 is 9.84 Å². The van der Waals surface area contributed by atoms with E-state index in [0.717, 1.165) is 32.5 Å². The van der Waals surface area contributed by atoms with Gasteiger partial charge in [0.25, 0.3) is 0 Å². The minimum atomic E-state index is -1.01. The first-order valence-electron chi connectivity index (χ1n) is 10.2. The molecule has 6 nitrogen and oxygen atoms in total. The molecule has 0 amide bonds. The monoisotopic (exact) mass is 412 g/mol. The van der Waals surface area contributed by atoms with Gasteiger partial charge in [0.05, 0.1) is 5.56 Å². The van der Waals surface area contributed by atoms with Gasteiger partial charge in [0.2, 0.25) is 0 Å². The van der Waals surface area contributed by atoms with Crippen molar-refractivity contribution >= 4 is 11.9 Å². The van der Waals surface area contributed by atoms with E-state index >= 15 is 0 Å². The molecule has 2 aromatic carbocycles. The maximum atomic E-state index is 13.8. The quantitative estimate of drug-likeness (QED) is 0.681. The highest BCUT2D eigenvalue weighted by molar-refractivity contribution is 5.87. The molecule has 5 rings (SSSR count). The average Bonchev–Trinajstić information content (AvgIpc) is 2.75. The number of hydrogen-bond donors (Lipinski definition) is 2. The largest absolute Gasteiger partial charge is 0.478 e. The number of fused-ring (bicyclic) bond motifs is 3. The molecule has 2 atom stereocenters. The van der Waals surface area contributed by atoms with Crippen LogP contribution in [0, 0.1) is 11.7 Å². The van der Waals surface area contributed by atoms with E-state index < -0.39 is 23.8 Å². The molecule has 2 bridgehead atoms. The molecule has 3 heterocycles. The first-order chi connectivity index (χ1) is 14.5. The van der Waals surface area contributed by atoms with Crippen LogP contribution in [0.4, 0.5) is 4.39 Å². The summed E-state index contributed by atoms with van der Waals surface area (Å²) in [6.45, 7) is 3.08. The number of esters is 1. The van der Waals surface area contributed by atoms with E-state index in [4.69, 9.17) is 4.74 Å². The first kappa shape index (κ1) is 20.5. The Morgan fingerprint density at radius 1 is 1.17 bits per heavy atom. The zero-order valence-corrected chi connectivity index (χ0v) is 16.6. The summed E-state index contributed by atoms with van der Waals surface area (Å²) in [5, 5.41) is 12.3. The summed E-state index contributed by atoms with van der Waals surface area (Å²) < 4.78 is 19.7. The van der Waals surface area contributed by atoms with Gasteiger partial charge in [-0.15, -0.1) is 0 Å². The molecule has 2 aromatic rings. The summed E-state index contributed by atoms with van der Waals surface area (Å²) >= 11 is 0. The number of carboxylic acids is 1. The summed E-state index contributed by atoms with van der Waals surface area (Å²) in [5.41, 5.74) is 1.37. The number of carbonyl (C=O) groups excluding carboxylic acids is 1. The van der Waals surface area contributed by atoms with Crippen molar-refractivity contribution < 1.29 is 23.8 Å². The third-order valence-electron chi connectivity index (χ3n) is 5.97. The van der Waals surface area contributed by atoms with Crippen molar-refractivity contribution in [3.8, 4) is 0 Å². The summed E-state index contributed by atoms with van der Waals surface area (Å²) in [6, 6.07) is 11.6. The van der Waals surface area contributed by atoms with Gasteiger partial charge in [0.1, 0.15) is 18.0 Å². The fourth-order valence-electron chi connectivity index (χ4n) is 4.32. The lowest BCUT2D eigenvalue weighted by atomic mass is 9.86. The van der Waals surface area contributed by atoms with Crippen molar-refractivity contribution in [3.63, 3.8) is 0 Å². The fraction of sp³-hybridized carbons (Fsp3) is 0.391. The van der Waals surface area contributed by atoms with Gasteiger partial charge in [-0.05, 0) is 67.2 Å². The lowest BCUT2D eigenvalue weighted by Crippen LogP contribution is -2.52. The first-order valence-corrected chi connectivity index (χ1v) is 10.2. The normalized spacial score (nSPS) is 23.7.